The number of carbonyl (C=O) groups is 1. The van der Waals surface area contributed by atoms with Gasteiger partial charge in [0.05, 0.1) is 24.0 Å². The lowest BCUT2D eigenvalue weighted by Gasteiger charge is -2.42. The molecule has 0 bridgehead atoms. The maximum absolute atomic E-state index is 14.4. The third-order valence-corrected chi connectivity index (χ3v) is 8.44. The summed E-state index contributed by atoms with van der Waals surface area (Å²) in [5.74, 6) is -0.478. The van der Waals surface area contributed by atoms with Crippen molar-refractivity contribution in [3.63, 3.8) is 0 Å². The molecular formula is C20H27ClFNO3S. The number of nitrogens with zero attached hydrogens (tertiary/aromatic N) is 1. The third-order valence-electron chi connectivity index (χ3n) is 6.32. The second-order valence-electron chi connectivity index (χ2n) is 8.10. The van der Waals surface area contributed by atoms with Gasteiger partial charge in [-0.1, -0.05) is 44.4 Å². The van der Waals surface area contributed by atoms with Crippen LogP contribution in [0.15, 0.2) is 18.2 Å². The van der Waals surface area contributed by atoms with E-state index < -0.39 is 21.6 Å². The minimum atomic E-state index is -3.17. The van der Waals surface area contributed by atoms with Crippen molar-refractivity contribution in [1.29, 1.82) is 0 Å². The first kappa shape index (κ1) is 20.6. The van der Waals surface area contributed by atoms with Gasteiger partial charge in [-0.25, -0.2) is 12.8 Å². The van der Waals surface area contributed by atoms with Crippen LogP contribution < -0.4 is 0 Å². The standard InChI is InChI=1S/C20H27ClFNO3S/c1-13-5-3-8-19(14(13)2)23(11-16-17(21)6-4-7-18(16)22)20(24)15-9-10-27(25,26)12-15/h4,6-7,13-15,19H,3,5,8-12H2,1-2H3/t13-,14+,15+,19+/m1/s1. The van der Waals surface area contributed by atoms with Crippen LogP contribution in [0.25, 0.3) is 0 Å². The van der Waals surface area contributed by atoms with Crippen molar-refractivity contribution < 1.29 is 17.6 Å². The van der Waals surface area contributed by atoms with Gasteiger partial charge in [0, 0.05) is 16.6 Å². The summed E-state index contributed by atoms with van der Waals surface area (Å²) < 4.78 is 38.1. The van der Waals surface area contributed by atoms with Crippen LogP contribution in [0, 0.1) is 23.6 Å². The number of benzene rings is 1. The minimum Gasteiger partial charge on any atom is -0.335 e. The van der Waals surface area contributed by atoms with E-state index in [9.17, 15) is 17.6 Å². The zero-order valence-electron chi connectivity index (χ0n) is 15.8. The molecule has 4 nitrogen and oxygen atoms in total. The van der Waals surface area contributed by atoms with Crippen LogP contribution in [0.4, 0.5) is 4.39 Å². The van der Waals surface area contributed by atoms with E-state index in [-0.39, 0.29) is 35.9 Å². The lowest BCUT2D eigenvalue weighted by molar-refractivity contribution is -0.140. The van der Waals surface area contributed by atoms with Crippen molar-refractivity contribution in [2.45, 2.75) is 52.1 Å². The Kier molecular flexibility index (Phi) is 6.16. The van der Waals surface area contributed by atoms with Crippen LogP contribution >= 0.6 is 11.6 Å². The topological polar surface area (TPSA) is 54.5 Å². The van der Waals surface area contributed by atoms with E-state index in [0.29, 0.717) is 22.9 Å². The van der Waals surface area contributed by atoms with Gasteiger partial charge in [-0.15, -0.1) is 0 Å². The van der Waals surface area contributed by atoms with Crippen LogP contribution in [-0.2, 0) is 21.2 Å². The first-order valence-electron chi connectivity index (χ1n) is 9.63. The summed E-state index contributed by atoms with van der Waals surface area (Å²) in [6, 6.07) is 4.48. The number of hydrogen-bond acceptors (Lipinski definition) is 3. The number of amides is 1. The van der Waals surface area contributed by atoms with Gasteiger partial charge in [0.25, 0.3) is 0 Å². The third kappa shape index (κ3) is 4.48. The maximum atomic E-state index is 14.4. The summed E-state index contributed by atoms with van der Waals surface area (Å²) in [5, 5.41) is 0.295. The van der Waals surface area contributed by atoms with Crippen LogP contribution in [0.2, 0.25) is 5.02 Å². The predicted molar refractivity (Wildman–Crippen MR) is 105 cm³/mol. The van der Waals surface area contributed by atoms with E-state index in [2.05, 4.69) is 13.8 Å². The van der Waals surface area contributed by atoms with Gasteiger partial charge in [-0.3, -0.25) is 4.79 Å². The maximum Gasteiger partial charge on any atom is 0.227 e. The van der Waals surface area contributed by atoms with Crippen molar-refractivity contribution in [3.05, 3.63) is 34.6 Å². The van der Waals surface area contributed by atoms with Gasteiger partial charge < -0.3 is 4.90 Å². The van der Waals surface area contributed by atoms with Crippen LogP contribution in [0.3, 0.4) is 0 Å². The lowest BCUT2D eigenvalue weighted by Crippen LogP contribution is -2.49. The average Bonchev–Trinajstić information content (AvgIpc) is 2.97. The highest BCUT2D eigenvalue weighted by Gasteiger charge is 2.40. The van der Waals surface area contributed by atoms with Crippen molar-refractivity contribution in [3.8, 4) is 0 Å². The number of halogens is 2. The monoisotopic (exact) mass is 415 g/mol. The Morgan fingerprint density at radius 1 is 1.26 bits per heavy atom. The van der Waals surface area contributed by atoms with Crippen LogP contribution in [0.5, 0.6) is 0 Å². The van der Waals surface area contributed by atoms with Gasteiger partial charge in [-0.2, -0.15) is 0 Å². The normalized spacial score (nSPS) is 30.2. The first-order valence-corrected chi connectivity index (χ1v) is 11.8. The molecule has 1 aromatic rings. The minimum absolute atomic E-state index is 0.0276. The number of rotatable bonds is 4. The molecule has 1 aliphatic carbocycles. The Bertz CT molecular complexity index is 793. The van der Waals surface area contributed by atoms with E-state index in [1.165, 1.54) is 6.07 Å². The van der Waals surface area contributed by atoms with Crippen LogP contribution in [0.1, 0.15) is 45.1 Å². The molecule has 3 rings (SSSR count). The SMILES string of the molecule is C[C@H]1[C@H](C)CCC[C@@H]1N(Cc1c(F)cccc1Cl)C(=O)[C@H]1CCS(=O)(=O)C1. The van der Waals surface area contributed by atoms with E-state index in [1.54, 1.807) is 17.0 Å². The molecule has 1 saturated carbocycles. The van der Waals surface area contributed by atoms with Crippen molar-refractivity contribution >= 4 is 27.3 Å². The van der Waals surface area contributed by atoms with Gasteiger partial charge in [0.2, 0.25) is 5.91 Å². The first-order chi connectivity index (χ1) is 12.7. The Labute approximate surface area is 166 Å². The lowest BCUT2D eigenvalue weighted by atomic mass is 9.77. The molecule has 1 heterocycles. The Morgan fingerprint density at radius 2 is 2.00 bits per heavy atom. The number of sulfone groups is 1. The Hall–Kier alpha value is -1.14. The summed E-state index contributed by atoms with van der Waals surface area (Å²) in [6.45, 7) is 4.39. The second kappa shape index (κ2) is 8.08. The fraction of sp³-hybridized carbons (Fsp3) is 0.650. The summed E-state index contributed by atoms with van der Waals surface area (Å²) >= 11 is 6.21. The molecule has 0 spiro atoms. The molecule has 4 atom stereocenters. The molecular weight excluding hydrogens is 389 g/mol. The smallest absolute Gasteiger partial charge is 0.227 e. The van der Waals surface area contributed by atoms with Crippen LogP contribution in [-0.4, -0.2) is 36.8 Å². The van der Waals surface area contributed by atoms with Crippen molar-refractivity contribution in [2.75, 3.05) is 11.5 Å². The molecule has 7 heteroatoms. The van der Waals surface area contributed by atoms with E-state index in [0.717, 1.165) is 19.3 Å². The Morgan fingerprint density at radius 3 is 2.63 bits per heavy atom. The predicted octanol–water partition coefficient (Wildman–Crippen LogP) is 4.07. The van der Waals surface area contributed by atoms with Crippen molar-refractivity contribution in [1.82, 2.24) is 4.90 Å². The molecule has 150 valence electrons. The zero-order chi connectivity index (χ0) is 19.8. The largest absolute Gasteiger partial charge is 0.335 e. The van der Waals surface area contributed by atoms with E-state index >= 15 is 0 Å². The summed E-state index contributed by atoms with van der Waals surface area (Å²) in [6.07, 6.45) is 3.31. The van der Waals surface area contributed by atoms with E-state index in [1.807, 2.05) is 0 Å². The van der Waals surface area contributed by atoms with Gasteiger partial charge in [-0.05, 0) is 36.8 Å². The summed E-state index contributed by atoms with van der Waals surface area (Å²) in [7, 11) is -3.17. The molecule has 0 aromatic heterocycles. The molecule has 0 unspecified atom stereocenters. The van der Waals surface area contributed by atoms with Gasteiger partial charge in [0.15, 0.2) is 9.84 Å². The van der Waals surface area contributed by atoms with Crippen molar-refractivity contribution in [2.24, 2.45) is 17.8 Å². The molecule has 1 saturated heterocycles. The molecule has 1 aromatic carbocycles. The molecule has 2 fully saturated rings. The van der Waals surface area contributed by atoms with Gasteiger partial charge >= 0.3 is 0 Å². The number of carbonyl (C=O) groups excluding carboxylic acids is 1. The molecule has 1 amide bonds. The highest BCUT2D eigenvalue weighted by Crippen LogP contribution is 2.36. The zero-order valence-corrected chi connectivity index (χ0v) is 17.4. The molecule has 2 aliphatic rings. The molecule has 0 N–H and O–H groups in total. The quantitative estimate of drug-likeness (QED) is 0.744. The highest BCUT2D eigenvalue weighted by atomic mass is 35.5. The second-order valence-corrected chi connectivity index (χ2v) is 10.7. The molecule has 0 radical (unpaired) electrons. The van der Waals surface area contributed by atoms with Gasteiger partial charge in [0.1, 0.15) is 5.82 Å². The number of hydrogen-bond donors (Lipinski definition) is 0. The summed E-state index contributed by atoms with van der Waals surface area (Å²) in [4.78, 5) is 15.0. The Balaban J connectivity index is 1.92. The fourth-order valence-corrected chi connectivity index (χ4v) is 6.39. The molecule has 1 aliphatic heterocycles. The highest BCUT2D eigenvalue weighted by molar-refractivity contribution is 7.91. The summed E-state index contributed by atoms with van der Waals surface area (Å²) in [5.41, 5.74) is 0.304. The average molecular weight is 416 g/mol. The van der Waals surface area contributed by atoms with E-state index in [4.69, 9.17) is 11.6 Å². The fourth-order valence-electron chi connectivity index (χ4n) is 4.43. The molecule has 27 heavy (non-hydrogen) atoms.